The zero-order valence-corrected chi connectivity index (χ0v) is 7.97. The minimum atomic E-state index is 0.700. The maximum Gasteiger partial charge on any atom is 0.0991 e. The summed E-state index contributed by atoms with van der Waals surface area (Å²) in [5.74, 6) is 4.22. The third-order valence-corrected chi connectivity index (χ3v) is 2.45. The highest BCUT2D eigenvalue weighted by Crippen LogP contribution is 2.11. The van der Waals surface area contributed by atoms with Crippen LogP contribution in [0.5, 0.6) is 0 Å². The van der Waals surface area contributed by atoms with E-state index in [2.05, 4.69) is 12.0 Å². The average molecular weight is 187 g/mol. The molecule has 0 amide bonds. The number of nitriles is 1. The predicted octanol–water partition coefficient (Wildman–Crippen LogP) is 2.42. The number of terminal acetylenes is 1. The molecule has 0 radical (unpaired) electrons. The van der Waals surface area contributed by atoms with Crippen LogP contribution in [0.3, 0.4) is 0 Å². The van der Waals surface area contributed by atoms with E-state index in [0.29, 0.717) is 5.56 Å². The molecule has 0 spiro atoms. The number of nitrogens with zero attached hydrogens (tertiary/aromatic N) is 1. The van der Waals surface area contributed by atoms with Crippen molar-refractivity contribution < 1.29 is 0 Å². The Bertz CT molecular complexity index is 340. The molecule has 0 N–H and O–H groups in total. The zero-order valence-electron chi connectivity index (χ0n) is 7.16. The second kappa shape index (κ2) is 5.30. The van der Waals surface area contributed by atoms with Gasteiger partial charge in [-0.25, -0.2) is 0 Å². The highest BCUT2D eigenvalue weighted by atomic mass is 32.2. The standard InChI is InChI=1S/C11H9NS/c1-2-7-13-9-11-5-3-10(8-12)4-6-11/h1,3-6H,7,9H2. The number of hydrogen-bond donors (Lipinski definition) is 0. The van der Waals surface area contributed by atoms with Crippen LogP contribution in [-0.4, -0.2) is 5.75 Å². The molecule has 0 bridgehead atoms. The Hall–Kier alpha value is -1.38. The number of hydrogen-bond acceptors (Lipinski definition) is 2. The average Bonchev–Trinajstić information content (AvgIpc) is 2.19. The van der Waals surface area contributed by atoms with Gasteiger partial charge in [0.15, 0.2) is 0 Å². The van der Waals surface area contributed by atoms with Crippen LogP contribution in [0.25, 0.3) is 0 Å². The van der Waals surface area contributed by atoms with Crippen molar-refractivity contribution in [3.05, 3.63) is 35.4 Å². The summed E-state index contributed by atoms with van der Waals surface area (Å²) < 4.78 is 0. The summed E-state index contributed by atoms with van der Waals surface area (Å²) in [6.07, 6.45) is 5.12. The van der Waals surface area contributed by atoms with E-state index in [1.54, 1.807) is 11.8 Å². The van der Waals surface area contributed by atoms with Crippen LogP contribution in [-0.2, 0) is 5.75 Å². The normalized spacial score (nSPS) is 8.77. The second-order valence-corrected chi connectivity index (χ2v) is 3.49. The molecule has 0 saturated carbocycles. The Kier molecular flexibility index (Phi) is 3.96. The summed E-state index contributed by atoms with van der Waals surface area (Å²) >= 11 is 1.70. The SMILES string of the molecule is C#CCSCc1ccc(C#N)cc1. The fourth-order valence-corrected chi connectivity index (χ4v) is 1.55. The van der Waals surface area contributed by atoms with E-state index in [0.717, 1.165) is 11.5 Å². The molecule has 0 aliphatic rings. The molecule has 0 aliphatic heterocycles. The predicted molar refractivity (Wildman–Crippen MR) is 56.2 cm³/mol. The van der Waals surface area contributed by atoms with Gasteiger partial charge < -0.3 is 0 Å². The molecule has 0 saturated heterocycles. The van der Waals surface area contributed by atoms with Gasteiger partial charge in [-0.05, 0) is 17.7 Å². The quantitative estimate of drug-likeness (QED) is 0.536. The molecule has 1 aromatic carbocycles. The van der Waals surface area contributed by atoms with E-state index in [-0.39, 0.29) is 0 Å². The zero-order chi connectivity index (χ0) is 9.52. The van der Waals surface area contributed by atoms with Crippen LogP contribution < -0.4 is 0 Å². The van der Waals surface area contributed by atoms with Crippen LogP contribution in [0.4, 0.5) is 0 Å². The lowest BCUT2D eigenvalue weighted by atomic mass is 10.2. The lowest BCUT2D eigenvalue weighted by Crippen LogP contribution is -1.82. The van der Waals surface area contributed by atoms with E-state index in [4.69, 9.17) is 11.7 Å². The molecule has 1 rings (SSSR count). The molecule has 0 atom stereocenters. The first-order valence-electron chi connectivity index (χ1n) is 3.87. The molecule has 0 unspecified atom stereocenters. The minimum absolute atomic E-state index is 0.700. The van der Waals surface area contributed by atoms with Gasteiger partial charge in [0, 0.05) is 5.75 Å². The first kappa shape index (κ1) is 9.71. The summed E-state index contributed by atoms with van der Waals surface area (Å²) in [5, 5.41) is 8.56. The Morgan fingerprint density at radius 3 is 2.54 bits per heavy atom. The van der Waals surface area contributed by atoms with Gasteiger partial charge in [0.2, 0.25) is 0 Å². The van der Waals surface area contributed by atoms with Gasteiger partial charge in [-0.3, -0.25) is 0 Å². The van der Waals surface area contributed by atoms with E-state index in [1.165, 1.54) is 5.56 Å². The summed E-state index contributed by atoms with van der Waals surface area (Å²) in [5.41, 5.74) is 1.91. The van der Waals surface area contributed by atoms with Crippen molar-refractivity contribution in [2.24, 2.45) is 0 Å². The van der Waals surface area contributed by atoms with Gasteiger partial charge >= 0.3 is 0 Å². The van der Waals surface area contributed by atoms with Crippen molar-refractivity contribution in [1.82, 2.24) is 0 Å². The molecule has 0 fully saturated rings. The minimum Gasteiger partial charge on any atom is -0.192 e. The van der Waals surface area contributed by atoms with Gasteiger partial charge in [-0.2, -0.15) is 5.26 Å². The molecule has 0 aliphatic carbocycles. The Balaban J connectivity index is 2.52. The lowest BCUT2D eigenvalue weighted by molar-refractivity contribution is 1.39. The fraction of sp³-hybridized carbons (Fsp3) is 0.182. The van der Waals surface area contributed by atoms with Crippen molar-refractivity contribution in [3.63, 3.8) is 0 Å². The van der Waals surface area contributed by atoms with Crippen molar-refractivity contribution in [1.29, 1.82) is 5.26 Å². The smallest absolute Gasteiger partial charge is 0.0991 e. The Morgan fingerprint density at radius 2 is 2.00 bits per heavy atom. The summed E-state index contributed by atoms with van der Waals surface area (Å²) in [6, 6.07) is 9.65. The van der Waals surface area contributed by atoms with Crippen molar-refractivity contribution >= 4 is 11.8 Å². The third kappa shape index (κ3) is 3.23. The number of thioether (sulfide) groups is 1. The van der Waals surface area contributed by atoms with E-state index in [1.807, 2.05) is 24.3 Å². The molecule has 2 heteroatoms. The third-order valence-electron chi connectivity index (χ3n) is 1.54. The van der Waals surface area contributed by atoms with Crippen LogP contribution >= 0.6 is 11.8 Å². The van der Waals surface area contributed by atoms with E-state index < -0.39 is 0 Å². The maximum atomic E-state index is 8.56. The van der Waals surface area contributed by atoms with Crippen molar-refractivity contribution in [3.8, 4) is 18.4 Å². The van der Waals surface area contributed by atoms with Crippen molar-refractivity contribution in [2.45, 2.75) is 5.75 Å². The molecule has 13 heavy (non-hydrogen) atoms. The van der Waals surface area contributed by atoms with Crippen LogP contribution in [0.15, 0.2) is 24.3 Å². The first-order chi connectivity index (χ1) is 6.36. The molecular weight excluding hydrogens is 178 g/mol. The number of benzene rings is 1. The molecule has 1 nitrogen and oxygen atoms in total. The highest BCUT2D eigenvalue weighted by molar-refractivity contribution is 7.98. The van der Waals surface area contributed by atoms with Gasteiger partial charge in [-0.15, -0.1) is 18.2 Å². The molecule has 0 aromatic heterocycles. The van der Waals surface area contributed by atoms with Gasteiger partial charge in [0.1, 0.15) is 0 Å². The maximum absolute atomic E-state index is 8.56. The van der Waals surface area contributed by atoms with Crippen LogP contribution in [0.1, 0.15) is 11.1 Å². The Morgan fingerprint density at radius 1 is 1.31 bits per heavy atom. The fourth-order valence-electron chi connectivity index (χ4n) is 0.903. The monoisotopic (exact) mass is 187 g/mol. The summed E-state index contributed by atoms with van der Waals surface area (Å²) in [7, 11) is 0. The van der Waals surface area contributed by atoms with E-state index in [9.17, 15) is 0 Å². The molecule has 1 aromatic rings. The largest absolute Gasteiger partial charge is 0.192 e. The van der Waals surface area contributed by atoms with Crippen molar-refractivity contribution in [2.75, 3.05) is 5.75 Å². The topological polar surface area (TPSA) is 23.8 Å². The van der Waals surface area contributed by atoms with Gasteiger partial charge in [-0.1, -0.05) is 18.1 Å². The van der Waals surface area contributed by atoms with Gasteiger partial charge in [0.25, 0.3) is 0 Å². The Labute approximate surface area is 82.8 Å². The van der Waals surface area contributed by atoms with Crippen LogP contribution in [0, 0.1) is 23.7 Å². The number of rotatable bonds is 3. The molecular formula is C11H9NS. The lowest BCUT2D eigenvalue weighted by Gasteiger charge is -1.97. The summed E-state index contributed by atoms with van der Waals surface area (Å²) in [6.45, 7) is 0. The van der Waals surface area contributed by atoms with Crippen LogP contribution in [0.2, 0.25) is 0 Å². The highest BCUT2D eigenvalue weighted by Gasteiger charge is 1.93. The molecule has 0 heterocycles. The van der Waals surface area contributed by atoms with Gasteiger partial charge in [0.05, 0.1) is 17.4 Å². The first-order valence-corrected chi connectivity index (χ1v) is 5.02. The summed E-state index contributed by atoms with van der Waals surface area (Å²) in [4.78, 5) is 0. The second-order valence-electron chi connectivity index (χ2n) is 2.51. The molecule has 64 valence electrons. The van der Waals surface area contributed by atoms with E-state index >= 15 is 0 Å².